The van der Waals surface area contributed by atoms with Crippen LogP contribution in [0.5, 0.6) is 5.75 Å². The molecule has 0 spiro atoms. The van der Waals surface area contributed by atoms with Gasteiger partial charge in [-0.3, -0.25) is 0 Å². The Morgan fingerprint density at radius 2 is 2.12 bits per heavy atom. The average Bonchev–Trinajstić information content (AvgIpc) is 3.07. The fourth-order valence-corrected chi connectivity index (χ4v) is 4.55. The second-order valence-corrected chi connectivity index (χ2v) is 7.66. The number of piperidine rings is 1. The van der Waals surface area contributed by atoms with E-state index in [1.807, 2.05) is 0 Å². The van der Waals surface area contributed by atoms with Crippen molar-refractivity contribution >= 4 is 22.4 Å². The number of rotatable bonds is 4. The van der Waals surface area contributed by atoms with Gasteiger partial charge in [-0.25, -0.2) is 13.1 Å². The van der Waals surface area contributed by atoms with Crippen LogP contribution in [0, 0.1) is 0 Å². The summed E-state index contributed by atoms with van der Waals surface area (Å²) < 4.78 is 34.0. The number of nitrogens with zero attached hydrogens (tertiary/aromatic N) is 3. The molecule has 2 aromatic rings. The van der Waals surface area contributed by atoms with E-state index in [-0.39, 0.29) is 36.1 Å². The molecule has 25 heavy (non-hydrogen) atoms. The number of aliphatic hydroxyl groups is 1. The largest absolute Gasteiger partial charge is 0.495 e. The van der Waals surface area contributed by atoms with Crippen molar-refractivity contribution in [3.8, 4) is 11.4 Å². The van der Waals surface area contributed by atoms with Gasteiger partial charge in [-0.2, -0.15) is 9.40 Å². The fraction of sp³-hybridized carbons (Fsp3) is 0.400. The Bertz CT molecular complexity index is 803. The normalized spacial score (nSPS) is 21.6. The molecule has 3 rings (SSSR count). The van der Waals surface area contributed by atoms with Gasteiger partial charge in [0.2, 0.25) is 10.0 Å². The van der Waals surface area contributed by atoms with Gasteiger partial charge in [0.15, 0.2) is 0 Å². The van der Waals surface area contributed by atoms with Crippen molar-refractivity contribution in [2.75, 3.05) is 20.2 Å². The smallest absolute Gasteiger partial charge is 0.246 e. The van der Waals surface area contributed by atoms with Crippen molar-refractivity contribution in [2.24, 2.45) is 5.73 Å². The molecule has 0 aliphatic carbocycles. The monoisotopic (exact) mass is 388 g/mol. The summed E-state index contributed by atoms with van der Waals surface area (Å²) in [5.41, 5.74) is 6.45. The minimum absolute atomic E-state index is 0. The number of ether oxygens (including phenoxy) is 1. The quantitative estimate of drug-likeness (QED) is 0.783. The molecule has 1 aliphatic heterocycles. The van der Waals surface area contributed by atoms with Crippen LogP contribution >= 0.6 is 12.4 Å². The zero-order valence-electron chi connectivity index (χ0n) is 13.6. The van der Waals surface area contributed by atoms with Gasteiger partial charge >= 0.3 is 0 Å². The van der Waals surface area contributed by atoms with Gasteiger partial charge in [0.1, 0.15) is 10.6 Å². The lowest BCUT2D eigenvalue weighted by Crippen LogP contribution is -2.51. The fourth-order valence-electron chi connectivity index (χ4n) is 2.84. The number of aliphatic hydroxyl groups excluding tert-OH is 1. The van der Waals surface area contributed by atoms with Gasteiger partial charge < -0.3 is 15.6 Å². The molecule has 138 valence electrons. The standard InChI is InChI=1S/C15H20N4O4S.ClH/c1-23-14-4-3-12(19-6-2-5-17-19)8-15(14)24(21,22)18-9-11(16)7-13(20)10-18;/h2-6,8,11,13,20H,7,9-10,16H2,1H3;1H/t11-,13+;/m0./s1. The molecule has 1 aromatic carbocycles. The van der Waals surface area contributed by atoms with E-state index in [1.165, 1.54) is 17.5 Å². The van der Waals surface area contributed by atoms with E-state index in [0.29, 0.717) is 12.1 Å². The number of hydrogen-bond donors (Lipinski definition) is 2. The molecule has 0 radical (unpaired) electrons. The van der Waals surface area contributed by atoms with Crippen molar-refractivity contribution < 1.29 is 18.3 Å². The van der Waals surface area contributed by atoms with E-state index in [4.69, 9.17) is 10.5 Å². The lowest BCUT2D eigenvalue weighted by Gasteiger charge is -2.33. The highest BCUT2D eigenvalue weighted by Gasteiger charge is 2.34. The summed E-state index contributed by atoms with van der Waals surface area (Å²) in [6, 6.07) is 6.17. The third kappa shape index (κ3) is 3.96. The average molecular weight is 389 g/mol. The van der Waals surface area contributed by atoms with E-state index < -0.39 is 22.2 Å². The van der Waals surface area contributed by atoms with E-state index in [2.05, 4.69) is 5.10 Å². The van der Waals surface area contributed by atoms with Gasteiger partial charge in [0, 0.05) is 31.5 Å². The summed E-state index contributed by atoms with van der Waals surface area (Å²) >= 11 is 0. The number of sulfonamides is 1. The molecule has 1 saturated heterocycles. The SMILES string of the molecule is COc1ccc(-n2cccn2)cc1S(=O)(=O)N1C[C@@H](N)C[C@@H](O)C1.Cl. The van der Waals surface area contributed by atoms with Gasteiger partial charge in [-0.1, -0.05) is 0 Å². The van der Waals surface area contributed by atoms with Crippen LogP contribution in [0.15, 0.2) is 41.6 Å². The maximum atomic E-state index is 13.0. The first kappa shape index (κ1) is 19.7. The molecule has 3 N–H and O–H groups in total. The van der Waals surface area contributed by atoms with Crippen LogP contribution in [0.4, 0.5) is 0 Å². The number of hydrogen-bond acceptors (Lipinski definition) is 6. The molecule has 1 fully saturated rings. The first-order valence-corrected chi connectivity index (χ1v) is 8.97. The van der Waals surface area contributed by atoms with Crippen molar-refractivity contribution in [3.63, 3.8) is 0 Å². The minimum atomic E-state index is -3.86. The van der Waals surface area contributed by atoms with Gasteiger partial charge in [0.05, 0.1) is 18.9 Å². The number of aromatic nitrogens is 2. The van der Waals surface area contributed by atoms with Crippen molar-refractivity contribution in [1.82, 2.24) is 14.1 Å². The molecular weight excluding hydrogens is 368 g/mol. The summed E-state index contributed by atoms with van der Waals surface area (Å²) in [5.74, 6) is 0.236. The highest BCUT2D eigenvalue weighted by Crippen LogP contribution is 2.30. The molecule has 2 atom stereocenters. The molecule has 10 heteroatoms. The summed E-state index contributed by atoms with van der Waals surface area (Å²) in [7, 11) is -2.44. The van der Waals surface area contributed by atoms with Gasteiger partial charge in [-0.15, -0.1) is 12.4 Å². The lowest BCUT2D eigenvalue weighted by molar-refractivity contribution is 0.0973. The maximum absolute atomic E-state index is 13.0. The first-order chi connectivity index (χ1) is 11.4. The van der Waals surface area contributed by atoms with E-state index in [9.17, 15) is 13.5 Å². The van der Waals surface area contributed by atoms with Crippen LogP contribution in [-0.4, -0.2) is 60.0 Å². The Morgan fingerprint density at radius 3 is 2.72 bits per heavy atom. The molecule has 2 heterocycles. The van der Waals surface area contributed by atoms with Crippen LogP contribution in [0.3, 0.4) is 0 Å². The first-order valence-electron chi connectivity index (χ1n) is 7.53. The Balaban J connectivity index is 0.00000225. The predicted molar refractivity (Wildman–Crippen MR) is 94.7 cm³/mol. The second-order valence-electron chi connectivity index (χ2n) is 5.76. The Morgan fingerprint density at radius 1 is 1.36 bits per heavy atom. The molecule has 1 aromatic heterocycles. The molecule has 0 bridgehead atoms. The summed E-state index contributed by atoms with van der Waals surface area (Å²) in [6.07, 6.45) is 2.94. The third-order valence-electron chi connectivity index (χ3n) is 3.96. The summed E-state index contributed by atoms with van der Waals surface area (Å²) in [5, 5.41) is 14.0. The van der Waals surface area contributed by atoms with Crippen molar-refractivity contribution in [2.45, 2.75) is 23.5 Å². The predicted octanol–water partition coefficient (Wildman–Crippen LogP) is 0.385. The minimum Gasteiger partial charge on any atom is -0.495 e. The molecule has 0 saturated carbocycles. The Labute approximate surface area is 152 Å². The van der Waals surface area contributed by atoms with Crippen molar-refractivity contribution in [3.05, 3.63) is 36.7 Å². The number of halogens is 1. The molecule has 0 amide bonds. The number of nitrogens with two attached hydrogens (primary N) is 1. The van der Waals surface area contributed by atoms with Gasteiger partial charge in [-0.05, 0) is 30.7 Å². The zero-order chi connectivity index (χ0) is 17.3. The van der Waals surface area contributed by atoms with Crippen LogP contribution in [0.25, 0.3) is 5.69 Å². The number of methoxy groups -OCH3 is 1. The summed E-state index contributed by atoms with van der Waals surface area (Å²) in [6.45, 7) is 0.180. The highest BCUT2D eigenvalue weighted by atomic mass is 35.5. The van der Waals surface area contributed by atoms with Crippen molar-refractivity contribution in [1.29, 1.82) is 0 Å². The molecule has 0 unspecified atom stereocenters. The van der Waals surface area contributed by atoms with Crippen LogP contribution in [0.2, 0.25) is 0 Å². The maximum Gasteiger partial charge on any atom is 0.246 e. The number of β-amino-alcohol motifs (C(OH)–C–C–N with tert-alkyl or cyclic N) is 1. The molecular formula is C15H21ClN4O4S. The van der Waals surface area contributed by atoms with Crippen LogP contribution in [-0.2, 0) is 10.0 Å². The highest BCUT2D eigenvalue weighted by molar-refractivity contribution is 7.89. The lowest BCUT2D eigenvalue weighted by atomic mass is 10.1. The summed E-state index contributed by atoms with van der Waals surface area (Å²) in [4.78, 5) is 0.0271. The Kier molecular flexibility index (Phi) is 6.07. The van der Waals surface area contributed by atoms with Crippen LogP contribution in [0.1, 0.15) is 6.42 Å². The van der Waals surface area contributed by atoms with E-state index >= 15 is 0 Å². The van der Waals surface area contributed by atoms with E-state index in [0.717, 1.165) is 0 Å². The van der Waals surface area contributed by atoms with Crippen LogP contribution < -0.4 is 10.5 Å². The third-order valence-corrected chi connectivity index (χ3v) is 5.81. The topological polar surface area (TPSA) is 111 Å². The second kappa shape index (κ2) is 7.71. The number of benzene rings is 1. The molecule has 1 aliphatic rings. The molecule has 8 nitrogen and oxygen atoms in total. The van der Waals surface area contributed by atoms with Gasteiger partial charge in [0.25, 0.3) is 0 Å². The van der Waals surface area contributed by atoms with E-state index in [1.54, 1.807) is 35.3 Å². The Hall–Kier alpha value is -1.65. The zero-order valence-corrected chi connectivity index (χ0v) is 15.3.